The van der Waals surface area contributed by atoms with E-state index in [0.29, 0.717) is 0 Å². The van der Waals surface area contributed by atoms with Crippen molar-refractivity contribution in [1.29, 1.82) is 0 Å². The Kier molecular flexibility index (Phi) is 5.53. The van der Waals surface area contributed by atoms with Gasteiger partial charge in [-0.25, -0.2) is 0 Å². The third-order valence-electron chi connectivity index (χ3n) is 1.33. The van der Waals surface area contributed by atoms with Crippen LogP contribution >= 0.6 is 11.8 Å². The molecule has 0 aliphatic rings. The summed E-state index contributed by atoms with van der Waals surface area (Å²) in [6.45, 7) is 0. The molecule has 0 saturated carbocycles. The summed E-state index contributed by atoms with van der Waals surface area (Å²) in [6, 6.07) is 0. The molecule has 0 aromatic carbocycles. The van der Waals surface area contributed by atoms with Crippen molar-refractivity contribution in [1.82, 2.24) is 0 Å². The summed E-state index contributed by atoms with van der Waals surface area (Å²) < 4.78 is 8.90. The maximum absolute atomic E-state index is 10.9. The molecule has 0 saturated heterocycles. The predicted octanol–water partition coefficient (Wildman–Crippen LogP) is 0.454. The zero-order valence-corrected chi connectivity index (χ0v) is 8.14. The van der Waals surface area contributed by atoms with Crippen molar-refractivity contribution >= 4 is 23.7 Å². The number of thioether (sulfide) groups is 1. The van der Waals surface area contributed by atoms with Crippen LogP contribution in [0.3, 0.4) is 0 Å². The summed E-state index contributed by atoms with van der Waals surface area (Å²) in [7, 11) is 2.58. The highest BCUT2D eigenvalue weighted by molar-refractivity contribution is 7.99. The molecular formula is C7H12O4S. The molecule has 0 radical (unpaired) electrons. The number of esters is 2. The number of carbonyl (C=O) groups is 2. The molecule has 5 heteroatoms. The van der Waals surface area contributed by atoms with E-state index in [0.717, 1.165) is 0 Å². The maximum atomic E-state index is 10.9. The van der Waals surface area contributed by atoms with Gasteiger partial charge in [0.25, 0.3) is 0 Å². The molecule has 0 rings (SSSR count). The number of methoxy groups -OCH3 is 2. The standard InChI is InChI=1S/C7H12O4S/c1-10-6(8)4-5(12-3)7(9)11-2/h5H,4H2,1-3H3. The zero-order valence-electron chi connectivity index (χ0n) is 7.33. The van der Waals surface area contributed by atoms with Crippen molar-refractivity contribution in [3.63, 3.8) is 0 Å². The van der Waals surface area contributed by atoms with E-state index >= 15 is 0 Å². The lowest BCUT2D eigenvalue weighted by atomic mass is 10.3. The lowest BCUT2D eigenvalue weighted by molar-refractivity contribution is -0.146. The predicted molar refractivity (Wildman–Crippen MR) is 46.0 cm³/mol. The van der Waals surface area contributed by atoms with Gasteiger partial charge < -0.3 is 9.47 Å². The lowest BCUT2D eigenvalue weighted by Gasteiger charge is -2.09. The summed E-state index contributed by atoms with van der Waals surface area (Å²) in [4.78, 5) is 21.7. The smallest absolute Gasteiger partial charge is 0.319 e. The number of carbonyl (C=O) groups excluding carboxylic acids is 2. The Bertz CT molecular complexity index is 169. The van der Waals surface area contributed by atoms with Crippen LogP contribution in [0.15, 0.2) is 0 Å². The second kappa shape index (κ2) is 5.88. The van der Waals surface area contributed by atoms with E-state index in [-0.39, 0.29) is 6.42 Å². The molecule has 12 heavy (non-hydrogen) atoms. The first kappa shape index (κ1) is 11.3. The summed E-state index contributed by atoms with van der Waals surface area (Å²) in [5, 5.41) is -0.456. The van der Waals surface area contributed by atoms with Crippen LogP contribution in [0, 0.1) is 0 Å². The Morgan fingerprint density at radius 2 is 1.92 bits per heavy atom. The number of hydrogen-bond donors (Lipinski definition) is 0. The fourth-order valence-corrected chi connectivity index (χ4v) is 1.22. The molecule has 0 N–H and O–H groups in total. The fourth-order valence-electron chi connectivity index (χ4n) is 0.629. The summed E-state index contributed by atoms with van der Waals surface area (Å²) in [5.74, 6) is -0.798. The molecule has 0 aliphatic heterocycles. The van der Waals surface area contributed by atoms with Gasteiger partial charge in [-0.05, 0) is 6.26 Å². The lowest BCUT2D eigenvalue weighted by Crippen LogP contribution is -2.22. The van der Waals surface area contributed by atoms with E-state index in [2.05, 4.69) is 9.47 Å². The Morgan fingerprint density at radius 3 is 2.25 bits per heavy atom. The highest BCUT2D eigenvalue weighted by atomic mass is 32.2. The van der Waals surface area contributed by atoms with E-state index in [9.17, 15) is 9.59 Å². The van der Waals surface area contributed by atoms with E-state index in [1.54, 1.807) is 6.26 Å². The molecule has 0 aromatic rings. The largest absolute Gasteiger partial charge is 0.469 e. The van der Waals surface area contributed by atoms with Crippen molar-refractivity contribution < 1.29 is 19.1 Å². The average Bonchev–Trinajstić information content (AvgIpc) is 2.12. The Labute approximate surface area is 75.6 Å². The van der Waals surface area contributed by atoms with Gasteiger partial charge in [0, 0.05) is 0 Å². The normalized spacial score (nSPS) is 11.9. The summed E-state index contributed by atoms with van der Waals surface area (Å²) in [6.07, 6.45) is 1.80. The van der Waals surface area contributed by atoms with Gasteiger partial charge in [0.2, 0.25) is 0 Å². The molecule has 1 atom stereocenters. The van der Waals surface area contributed by atoms with Crippen molar-refractivity contribution in [2.24, 2.45) is 0 Å². The van der Waals surface area contributed by atoms with Crippen LogP contribution in [0.1, 0.15) is 6.42 Å². The topological polar surface area (TPSA) is 52.6 Å². The minimum Gasteiger partial charge on any atom is -0.469 e. The molecule has 0 fully saturated rings. The average molecular weight is 192 g/mol. The van der Waals surface area contributed by atoms with E-state index < -0.39 is 17.2 Å². The van der Waals surface area contributed by atoms with Gasteiger partial charge in [-0.3, -0.25) is 9.59 Å². The molecule has 4 nitrogen and oxygen atoms in total. The Morgan fingerprint density at radius 1 is 1.33 bits per heavy atom. The van der Waals surface area contributed by atoms with Gasteiger partial charge in [0.15, 0.2) is 0 Å². The van der Waals surface area contributed by atoms with Crippen LogP contribution in [-0.4, -0.2) is 37.7 Å². The number of ether oxygens (including phenoxy) is 2. The zero-order chi connectivity index (χ0) is 9.56. The van der Waals surface area contributed by atoms with Crippen molar-refractivity contribution in [3.8, 4) is 0 Å². The Hall–Kier alpha value is -0.710. The molecule has 0 spiro atoms. The van der Waals surface area contributed by atoms with Crippen LogP contribution in [0.4, 0.5) is 0 Å². The van der Waals surface area contributed by atoms with E-state index in [1.807, 2.05) is 0 Å². The molecule has 0 amide bonds. The molecule has 1 unspecified atom stereocenters. The van der Waals surface area contributed by atoms with Crippen LogP contribution in [-0.2, 0) is 19.1 Å². The van der Waals surface area contributed by atoms with Crippen LogP contribution in [0.5, 0.6) is 0 Å². The van der Waals surface area contributed by atoms with Crippen molar-refractivity contribution in [3.05, 3.63) is 0 Å². The molecule has 0 heterocycles. The first-order chi connectivity index (χ1) is 5.65. The molecule has 70 valence electrons. The van der Waals surface area contributed by atoms with Gasteiger partial charge in [0.1, 0.15) is 5.25 Å². The monoisotopic (exact) mass is 192 g/mol. The minimum atomic E-state index is -0.456. The molecular weight excluding hydrogens is 180 g/mol. The second-order valence-corrected chi connectivity index (χ2v) is 3.07. The third kappa shape index (κ3) is 3.61. The fraction of sp³-hybridized carbons (Fsp3) is 0.714. The van der Waals surface area contributed by atoms with Gasteiger partial charge >= 0.3 is 11.9 Å². The van der Waals surface area contributed by atoms with Gasteiger partial charge in [0.05, 0.1) is 20.6 Å². The SMILES string of the molecule is COC(=O)CC(SC)C(=O)OC. The van der Waals surface area contributed by atoms with Gasteiger partial charge in [-0.1, -0.05) is 0 Å². The molecule has 0 bridgehead atoms. The first-order valence-electron chi connectivity index (χ1n) is 3.33. The molecule has 0 aromatic heterocycles. The summed E-state index contributed by atoms with van der Waals surface area (Å²) >= 11 is 1.27. The number of rotatable bonds is 4. The third-order valence-corrected chi connectivity index (χ3v) is 2.26. The minimum absolute atomic E-state index is 0.0599. The number of hydrogen-bond acceptors (Lipinski definition) is 5. The van der Waals surface area contributed by atoms with E-state index in [1.165, 1.54) is 26.0 Å². The quantitative estimate of drug-likeness (QED) is 0.605. The van der Waals surface area contributed by atoms with E-state index in [4.69, 9.17) is 0 Å². The van der Waals surface area contributed by atoms with Crippen LogP contribution in [0.2, 0.25) is 0 Å². The highest BCUT2D eigenvalue weighted by Crippen LogP contribution is 2.12. The second-order valence-electron chi connectivity index (χ2n) is 2.03. The first-order valence-corrected chi connectivity index (χ1v) is 4.62. The van der Waals surface area contributed by atoms with Gasteiger partial charge in [-0.15, -0.1) is 11.8 Å². The van der Waals surface area contributed by atoms with Gasteiger partial charge in [-0.2, -0.15) is 0 Å². The summed E-state index contributed by atoms with van der Waals surface area (Å²) in [5.41, 5.74) is 0. The van der Waals surface area contributed by atoms with Crippen molar-refractivity contribution in [2.75, 3.05) is 20.5 Å². The molecule has 0 aliphatic carbocycles. The Balaban J connectivity index is 3.99. The van der Waals surface area contributed by atoms with Crippen LogP contribution < -0.4 is 0 Å². The van der Waals surface area contributed by atoms with Crippen molar-refractivity contribution in [2.45, 2.75) is 11.7 Å². The highest BCUT2D eigenvalue weighted by Gasteiger charge is 2.21. The van der Waals surface area contributed by atoms with Crippen LogP contribution in [0.25, 0.3) is 0 Å². The maximum Gasteiger partial charge on any atom is 0.319 e.